The number of hydrogen-bond acceptors (Lipinski definition) is 8. The highest BCUT2D eigenvalue weighted by molar-refractivity contribution is 8.00. The second-order valence-electron chi connectivity index (χ2n) is 7.84. The van der Waals surface area contributed by atoms with Crippen molar-refractivity contribution >= 4 is 29.4 Å². The van der Waals surface area contributed by atoms with Crippen LogP contribution in [0.3, 0.4) is 0 Å². The molecule has 0 saturated carbocycles. The molecule has 1 atom stereocenters. The Morgan fingerprint density at radius 2 is 1.91 bits per heavy atom. The lowest BCUT2D eigenvalue weighted by Crippen LogP contribution is -2.20. The number of carbonyl (C=O) groups is 2. The Bertz CT molecular complexity index is 1240. The minimum absolute atomic E-state index is 0.134. The standard InChI is InChI=1S/C23H26N6O4S/c1-5-32-17-9-15(6-7-16(17)33-10-18(24)30)21-20-14(4)28-29(22(20)27-19(31)11-34-21)23-25-12(2)8-13(3)26-23/h6-9,21H,5,10-11H2,1-4H3,(H2,24,30)(H,27,31)/t21-/m0/s1. The highest BCUT2D eigenvalue weighted by Gasteiger charge is 2.32. The lowest BCUT2D eigenvalue weighted by atomic mass is 10.0. The van der Waals surface area contributed by atoms with Gasteiger partial charge in [0.1, 0.15) is 5.82 Å². The number of aromatic nitrogens is 4. The molecule has 178 valence electrons. The summed E-state index contributed by atoms with van der Waals surface area (Å²) in [5.41, 5.74) is 9.36. The first kappa shape index (κ1) is 23.6. The van der Waals surface area contributed by atoms with E-state index in [4.69, 9.17) is 15.2 Å². The number of fused-ring (bicyclic) bond motifs is 1. The van der Waals surface area contributed by atoms with Crippen LogP contribution < -0.4 is 20.5 Å². The molecule has 0 radical (unpaired) electrons. The van der Waals surface area contributed by atoms with Gasteiger partial charge in [-0.25, -0.2) is 9.97 Å². The minimum Gasteiger partial charge on any atom is -0.490 e. The maximum Gasteiger partial charge on any atom is 0.255 e. The van der Waals surface area contributed by atoms with Crippen LogP contribution in [0.1, 0.15) is 40.4 Å². The molecule has 0 fully saturated rings. The summed E-state index contributed by atoms with van der Waals surface area (Å²) in [6.07, 6.45) is 0. The number of anilines is 1. The Morgan fingerprint density at radius 1 is 1.18 bits per heavy atom. The van der Waals surface area contributed by atoms with Crippen LogP contribution >= 0.6 is 11.8 Å². The summed E-state index contributed by atoms with van der Waals surface area (Å²) in [7, 11) is 0. The number of aryl methyl sites for hydroxylation is 3. The minimum atomic E-state index is -0.572. The van der Waals surface area contributed by atoms with E-state index in [9.17, 15) is 9.59 Å². The average Bonchev–Trinajstić information content (AvgIpc) is 2.97. The summed E-state index contributed by atoms with van der Waals surface area (Å²) >= 11 is 1.49. The third-order valence-corrected chi connectivity index (χ3v) is 6.38. The molecule has 2 aromatic heterocycles. The molecule has 4 rings (SSSR count). The molecule has 0 aliphatic carbocycles. The molecule has 0 unspecified atom stereocenters. The van der Waals surface area contributed by atoms with Crippen molar-refractivity contribution < 1.29 is 19.1 Å². The maximum absolute atomic E-state index is 12.6. The van der Waals surface area contributed by atoms with E-state index in [1.165, 1.54) is 11.8 Å². The van der Waals surface area contributed by atoms with Crippen LogP contribution in [0.4, 0.5) is 5.82 Å². The molecule has 3 N–H and O–H groups in total. The fourth-order valence-electron chi connectivity index (χ4n) is 3.82. The smallest absolute Gasteiger partial charge is 0.255 e. The molecular formula is C23H26N6O4S. The van der Waals surface area contributed by atoms with Gasteiger partial charge in [-0.2, -0.15) is 9.78 Å². The van der Waals surface area contributed by atoms with Crippen molar-refractivity contribution in [1.29, 1.82) is 0 Å². The SMILES string of the molecule is CCOc1cc([C@@H]2SCC(=O)Nc3c2c(C)nn3-c2nc(C)cc(C)n2)ccc1OCC(N)=O. The molecule has 1 aliphatic heterocycles. The molecule has 2 amide bonds. The van der Waals surface area contributed by atoms with Gasteiger partial charge in [0.05, 0.1) is 23.3 Å². The highest BCUT2D eigenvalue weighted by atomic mass is 32.2. The van der Waals surface area contributed by atoms with Crippen LogP contribution in [0, 0.1) is 20.8 Å². The van der Waals surface area contributed by atoms with Crippen molar-refractivity contribution in [2.45, 2.75) is 32.9 Å². The van der Waals surface area contributed by atoms with Crippen molar-refractivity contribution in [3.05, 3.63) is 52.5 Å². The maximum atomic E-state index is 12.6. The zero-order chi connectivity index (χ0) is 24.4. The summed E-state index contributed by atoms with van der Waals surface area (Å²) in [4.78, 5) is 32.8. The lowest BCUT2D eigenvalue weighted by Gasteiger charge is -2.18. The first-order valence-electron chi connectivity index (χ1n) is 10.8. The normalized spacial score (nSPS) is 15.3. The van der Waals surface area contributed by atoms with Crippen LogP contribution in [0.5, 0.6) is 11.5 Å². The van der Waals surface area contributed by atoms with Gasteiger partial charge in [0.15, 0.2) is 18.1 Å². The van der Waals surface area contributed by atoms with Gasteiger partial charge >= 0.3 is 0 Å². The predicted octanol–water partition coefficient (Wildman–Crippen LogP) is 2.63. The third-order valence-electron chi connectivity index (χ3n) is 5.11. The number of nitrogens with one attached hydrogen (secondary N) is 1. The van der Waals surface area contributed by atoms with Crippen LogP contribution in [0.15, 0.2) is 24.3 Å². The van der Waals surface area contributed by atoms with Gasteiger partial charge in [-0.05, 0) is 51.5 Å². The van der Waals surface area contributed by atoms with Gasteiger partial charge in [0, 0.05) is 17.0 Å². The van der Waals surface area contributed by atoms with Crippen molar-refractivity contribution in [3.63, 3.8) is 0 Å². The molecule has 0 bridgehead atoms. The number of rotatable bonds is 7. The number of ether oxygens (including phenoxy) is 2. The largest absolute Gasteiger partial charge is 0.490 e. The molecule has 0 saturated heterocycles. The van der Waals surface area contributed by atoms with E-state index in [0.717, 1.165) is 28.2 Å². The van der Waals surface area contributed by atoms with Crippen molar-refractivity contribution in [2.75, 3.05) is 24.3 Å². The Labute approximate surface area is 201 Å². The summed E-state index contributed by atoms with van der Waals surface area (Å²) in [5.74, 6) is 1.43. The number of thioether (sulfide) groups is 1. The molecular weight excluding hydrogens is 456 g/mol. The molecule has 0 spiro atoms. The molecule has 3 aromatic rings. The van der Waals surface area contributed by atoms with Gasteiger partial charge in [0.2, 0.25) is 5.91 Å². The number of nitrogens with zero attached hydrogens (tertiary/aromatic N) is 4. The molecule has 11 heteroatoms. The molecule has 1 aromatic carbocycles. The van der Waals surface area contributed by atoms with Crippen molar-refractivity contribution in [2.24, 2.45) is 5.73 Å². The van der Waals surface area contributed by atoms with Gasteiger partial charge in [-0.1, -0.05) is 6.07 Å². The van der Waals surface area contributed by atoms with E-state index in [1.807, 2.05) is 45.9 Å². The Morgan fingerprint density at radius 3 is 2.59 bits per heavy atom. The number of carbonyl (C=O) groups excluding carboxylic acids is 2. The lowest BCUT2D eigenvalue weighted by molar-refractivity contribution is -0.120. The van der Waals surface area contributed by atoms with Gasteiger partial charge < -0.3 is 20.5 Å². The topological polar surface area (TPSA) is 134 Å². The fourth-order valence-corrected chi connectivity index (χ4v) is 5.00. The van der Waals surface area contributed by atoms with Crippen LogP contribution in [-0.2, 0) is 9.59 Å². The van der Waals surface area contributed by atoms with Crippen LogP contribution in [0.25, 0.3) is 5.95 Å². The van der Waals surface area contributed by atoms with E-state index < -0.39 is 5.91 Å². The third kappa shape index (κ3) is 4.84. The number of hydrogen-bond donors (Lipinski definition) is 2. The Balaban J connectivity index is 1.81. The van der Waals surface area contributed by atoms with Gasteiger partial charge in [-0.3, -0.25) is 9.59 Å². The van der Waals surface area contributed by atoms with Gasteiger partial charge in [-0.15, -0.1) is 11.8 Å². The van der Waals surface area contributed by atoms with Crippen molar-refractivity contribution in [1.82, 2.24) is 19.7 Å². The Hall–Kier alpha value is -3.60. The quantitative estimate of drug-likeness (QED) is 0.525. The molecule has 1 aliphatic rings. The number of primary amides is 1. The zero-order valence-corrected chi connectivity index (χ0v) is 20.2. The molecule has 3 heterocycles. The van der Waals surface area contributed by atoms with Crippen LogP contribution in [-0.4, -0.2) is 50.5 Å². The first-order chi connectivity index (χ1) is 16.3. The summed E-state index contributed by atoms with van der Waals surface area (Å²) in [5, 5.41) is 7.45. The fraction of sp³-hybridized carbons (Fsp3) is 0.348. The summed E-state index contributed by atoms with van der Waals surface area (Å²) in [6.45, 7) is 7.71. The highest BCUT2D eigenvalue weighted by Crippen LogP contribution is 2.45. The molecule has 34 heavy (non-hydrogen) atoms. The van der Waals surface area contributed by atoms with Crippen LogP contribution in [0.2, 0.25) is 0 Å². The number of benzene rings is 1. The second-order valence-corrected chi connectivity index (χ2v) is 8.94. The summed E-state index contributed by atoms with van der Waals surface area (Å²) < 4.78 is 12.9. The molecule has 10 nitrogen and oxygen atoms in total. The van der Waals surface area contributed by atoms with E-state index >= 15 is 0 Å². The van der Waals surface area contributed by atoms with E-state index in [0.29, 0.717) is 29.9 Å². The van der Waals surface area contributed by atoms with E-state index in [-0.39, 0.29) is 23.5 Å². The Kier molecular flexibility index (Phi) is 6.73. The average molecular weight is 483 g/mol. The van der Waals surface area contributed by atoms with E-state index in [1.54, 1.807) is 10.7 Å². The predicted molar refractivity (Wildman–Crippen MR) is 129 cm³/mol. The monoisotopic (exact) mass is 482 g/mol. The summed E-state index contributed by atoms with van der Waals surface area (Å²) in [6, 6.07) is 7.38. The first-order valence-corrected chi connectivity index (χ1v) is 11.8. The number of amides is 2. The zero-order valence-electron chi connectivity index (χ0n) is 19.4. The second kappa shape index (κ2) is 9.72. The number of nitrogens with two attached hydrogens (primary N) is 1. The van der Waals surface area contributed by atoms with Gasteiger partial charge in [0.25, 0.3) is 11.9 Å². The van der Waals surface area contributed by atoms with E-state index in [2.05, 4.69) is 20.4 Å². The van der Waals surface area contributed by atoms with Crippen molar-refractivity contribution in [3.8, 4) is 17.4 Å².